The number of carbonyl (C=O) groups excluding carboxylic acids is 2. The zero-order valence-electron chi connectivity index (χ0n) is 24.7. The first-order valence-corrected chi connectivity index (χ1v) is 14.6. The van der Waals surface area contributed by atoms with E-state index in [-0.39, 0.29) is 36.6 Å². The summed E-state index contributed by atoms with van der Waals surface area (Å²) in [5.74, 6) is -1.44. The van der Waals surface area contributed by atoms with Crippen molar-refractivity contribution in [2.75, 3.05) is 6.61 Å². The molecule has 2 fully saturated rings. The van der Waals surface area contributed by atoms with E-state index >= 15 is 0 Å². The number of Topliss-reactive ketones (excluding diaryl/α,β-unsaturated/α-hetero) is 1. The summed E-state index contributed by atoms with van der Waals surface area (Å²) < 4.78 is 24.3. The fourth-order valence-corrected chi connectivity index (χ4v) is 5.62. The zero-order valence-corrected chi connectivity index (χ0v) is 24.7. The maximum absolute atomic E-state index is 13.1. The third kappa shape index (κ3) is 8.23. The minimum absolute atomic E-state index is 0.0246. The molecule has 1 spiro atoms. The molecule has 0 amide bonds. The number of rotatable bonds is 2. The van der Waals surface area contributed by atoms with Gasteiger partial charge in [-0.25, -0.2) is 0 Å². The van der Waals surface area contributed by atoms with Crippen molar-refractivity contribution in [3.05, 3.63) is 71.4 Å². The molecule has 224 valence electrons. The SMILES string of the molecule is CC1=C[C@@H](O)C(C)=CCC(=O)O[C@H]([C@H](C)[C@@H]2O[C@]3(C=CCO3)CC[C@H]2C)C[C@H]2O[C@@H]2C=C[C@H](O)C(=O)C(C)=CC=C1. The summed E-state index contributed by atoms with van der Waals surface area (Å²) in [6.07, 6.45) is 14.4. The molecular formula is C33H44O8. The number of esters is 1. The van der Waals surface area contributed by atoms with E-state index in [4.69, 9.17) is 18.9 Å². The van der Waals surface area contributed by atoms with Gasteiger partial charge in [-0.2, -0.15) is 0 Å². The number of carbonyl (C=O) groups is 2. The first-order valence-electron chi connectivity index (χ1n) is 14.6. The average molecular weight is 569 g/mol. The third-order valence-corrected chi connectivity index (χ3v) is 8.44. The molecule has 0 bridgehead atoms. The molecule has 4 aliphatic heterocycles. The predicted octanol–water partition coefficient (Wildman–Crippen LogP) is 4.44. The molecule has 0 aliphatic carbocycles. The summed E-state index contributed by atoms with van der Waals surface area (Å²) in [5, 5.41) is 21.0. The van der Waals surface area contributed by atoms with Crippen LogP contribution >= 0.6 is 0 Å². The van der Waals surface area contributed by atoms with Crippen LogP contribution in [0, 0.1) is 11.8 Å². The Morgan fingerprint density at radius 1 is 1.10 bits per heavy atom. The van der Waals surface area contributed by atoms with E-state index in [0.29, 0.717) is 24.2 Å². The van der Waals surface area contributed by atoms with Gasteiger partial charge in [0.1, 0.15) is 18.3 Å². The number of fused-ring (bicyclic) bond motifs is 1. The van der Waals surface area contributed by atoms with Crippen LogP contribution in [0.2, 0.25) is 0 Å². The summed E-state index contributed by atoms with van der Waals surface area (Å²) in [5.41, 5.74) is 1.82. The summed E-state index contributed by atoms with van der Waals surface area (Å²) in [6.45, 7) is 9.95. The van der Waals surface area contributed by atoms with Crippen LogP contribution in [0.1, 0.15) is 60.3 Å². The van der Waals surface area contributed by atoms with Gasteiger partial charge in [0, 0.05) is 18.8 Å². The van der Waals surface area contributed by atoms with Gasteiger partial charge >= 0.3 is 5.97 Å². The molecule has 9 atom stereocenters. The van der Waals surface area contributed by atoms with Gasteiger partial charge in [0.25, 0.3) is 0 Å². The molecule has 41 heavy (non-hydrogen) atoms. The van der Waals surface area contributed by atoms with Crippen molar-refractivity contribution in [1.82, 2.24) is 0 Å². The molecular weight excluding hydrogens is 524 g/mol. The Kier molecular flexibility index (Phi) is 10.4. The zero-order chi connectivity index (χ0) is 29.7. The largest absolute Gasteiger partial charge is 0.462 e. The monoisotopic (exact) mass is 568 g/mol. The number of ether oxygens (including phenoxy) is 4. The third-order valence-electron chi connectivity index (χ3n) is 8.44. The van der Waals surface area contributed by atoms with Crippen LogP contribution in [0.5, 0.6) is 0 Å². The lowest BCUT2D eigenvalue weighted by Crippen LogP contribution is -2.49. The highest BCUT2D eigenvalue weighted by Gasteiger charge is 2.47. The summed E-state index contributed by atoms with van der Waals surface area (Å²) in [6, 6.07) is 0. The quantitative estimate of drug-likeness (QED) is 0.286. The van der Waals surface area contributed by atoms with E-state index in [1.165, 1.54) is 6.08 Å². The first kappa shape index (κ1) is 31.3. The van der Waals surface area contributed by atoms with Crippen LogP contribution in [0.25, 0.3) is 0 Å². The van der Waals surface area contributed by atoms with Crippen molar-refractivity contribution in [2.45, 2.75) is 103 Å². The Morgan fingerprint density at radius 3 is 2.61 bits per heavy atom. The van der Waals surface area contributed by atoms with E-state index in [9.17, 15) is 19.8 Å². The lowest BCUT2D eigenvalue weighted by atomic mass is 9.81. The highest BCUT2D eigenvalue weighted by molar-refractivity contribution is 5.99. The van der Waals surface area contributed by atoms with E-state index in [1.54, 1.807) is 50.3 Å². The summed E-state index contributed by atoms with van der Waals surface area (Å²) >= 11 is 0. The number of ketones is 1. The lowest BCUT2D eigenvalue weighted by molar-refractivity contribution is -0.265. The number of aliphatic hydroxyl groups is 2. The van der Waals surface area contributed by atoms with Crippen LogP contribution in [-0.4, -0.2) is 71.0 Å². The second kappa shape index (κ2) is 13.6. The second-order valence-electron chi connectivity index (χ2n) is 11.8. The van der Waals surface area contributed by atoms with E-state index in [1.807, 2.05) is 26.0 Å². The van der Waals surface area contributed by atoms with Crippen molar-refractivity contribution in [3.63, 3.8) is 0 Å². The summed E-state index contributed by atoms with van der Waals surface area (Å²) in [4.78, 5) is 25.7. The Morgan fingerprint density at radius 2 is 1.88 bits per heavy atom. The molecule has 0 saturated carbocycles. The fraction of sp³-hybridized carbons (Fsp3) is 0.576. The highest BCUT2D eigenvalue weighted by Crippen LogP contribution is 2.42. The molecule has 0 radical (unpaired) electrons. The first-order chi connectivity index (χ1) is 19.5. The Bertz CT molecular complexity index is 1160. The Labute approximate surface area is 243 Å². The van der Waals surface area contributed by atoms with Gasteiger partial charge in [0.15, 0.2) is 11.6 Å². The van der Waals surface area contributed by atoms with Gasteiger partial charge < -0.3 is 29.2 Å². The smallest absolute Gasteiger partial charge is 0.309 e. The molecule has 0 aromatic heterocycles. The van der Waals surface area contributed by atoms with Crippen LogP contribution in [0.4, 0.5) is 0 Å². The highest BCUT2D eigenvalue weighted by atomic mass is 16.7. The topological polar surface area (TPSA) is 115 Å². The number of allylic oxidation sites excluding steroid dienone is 4. The van der Waals surface area contributed by atoms with Gasteiger partial charge in [-0.1, -0.05) is 55.9 Å². The minimum Gasteiger partial charge on any atom is -0.462 e. The number of hydrogen-bond donors (Lipinski definition) is 2. The molecule has 0 aromatic rings. The Balaban J connectivity index is 1.56. The fourth-order valence-electron chi connectivity index (χ4n) is 5.62. The maximum atomic E-state index is 13.1. The van der Waals surface area contributed by atoms with Gasteiger partial charge in [-0.15, -0.1) is 0 Å². The van der Waals surface area contributed by atoms with Crippen LogP contribution < -0.4 is 0 Å². The van der Waals surface area contributed by atoms with E-state index in [2.05, 4.69) is 6.92 Å². The minimum atomic E-state index is -1.29. The molecule has 8 heteroatoms. The van der Waals surface area contributed by atoms with Crippen molar-refractivity contribution in [2.24, 2.45) is 11.8 Å². The average Bonchev–Trinajstić information content (AvgIpc) is 3.53. The van der Waals surface area contributed by atoms with E-state index < -0.39 is 35.9 Å². The van der Waals surface area contributed by atoms with Crippen molar-refractivity contribution in [1.29, 1.82) is 0 Å². The van der Waals surface area contributed by atoms with Crippen molar-refractivity contribution in [3.8, 4) is 0 Å². The van der Waals surface area contributed by atoms with Crippen LogP contribution in [0.3, 0.4) is 0 Å². The molecule has 4 rings (SSSR count). The van der Waals surface area contributed by atoms with E-state index in [0.717, 1.165) is 18.4 Å². The Hall–Kier alpha value is -2.62. The van der Waals surface area contributed by atoms with Gasteiger partial charge in [0.2, 0.25) is 0 Å². The molecule has 4 heterocycles. The molecule has 0 unspecified atom stereocenters. The second-order valence-corrected chi connectivity index (χ2v) is 11.8. The predicted molar refractivity (Wildman–Crippen MR) is 155 cm³/mol. The molecule has 4 aliphatic rings. The van der Waals surface area contributed by atoms with Gasteiger partial charge in [0.05, 0.1) is 31.3 Å². The van der Waals surface area contributed by atoms with Crippen LogP contribution in [0.15, 0.2) is 71.4 Å². The molecule has 8 nitrogen and oxygen atoms in total. The number of cyclic esters (lactones) is 1. The van der Waals surface area contributed by atoms with Crippen molar-refractivity contribution >= 4 is 11.8 Å². The number of epoxide rings is 1. The molecule has 2 saturated heterocycles. The maximum Gasteiger partial charge on any atom is 0.309 e. The number of aliphatic hydroxyl groups excluding tert-OH is 2. The standard InChI is InChI=1S/C33H44O8/c1-20-8-6-9-22(3)31(37)25(34)11-12-27-29(39-27)19-28(40-30(36)13-10-21(2)26(35)18-20)24(5)32-23(4)14-16-33(41-32)15-7-17-38-33/h6-12,15,18,23-29,32,34-35H,13-14,16-17,19H2,1-5H3/t23-,24+,25+,26-,27-,28+,29-,32-,33-/m1/s1. The number of hydrogen-bond acceptors (Lipinski definition) is 8. The van der Waals surface area contributed by atoms with Crippen molar-refractivity contribution < 1.29 is 38.7 Å². The lowest BCUT2D eigenvalue weighted by Gasteiger charge is -2.44. The molecule has 0 aromatic carbocycles. The van der Waals surface area contributed by atoms with Gasteiger partial charge in [-0.05, 0) is 62.5 Å². The van der Waals surface area contributed by atoms with Crippen LogP contribution in [-0.2, 0) is 28.5 Å². The molecule has 2 N–H and O–H groups in total. The van der Waals surface area contributed by atoms with Gasteiger partial charge in [-0.3, -0.25) is 9.59 Å². The summed E-state index contributed by atoms with van der Waals surface area (Å²) in [7, 11) is 0. The normalized spacial score (nSPS) is 38.0.